The Morgan fingerprint density at radius 2 is 1.69 bits per heavy atom. The number of carbonyl (C=O) groups is 4. The highest BCUT2D eigenvalue weighted by Crippen LogP contribution is 2.01. The van der Waals surface area contributed by atoms with Gasteiger partial charge in [-0.1, -0.05) is 0 Å². The van der Waals surface area contributed by atoms with Gasteiger partial charge in [-0.25, -0.2) is 4.98 Å². The molecule has 1 aromatic heterocycles. The van der Waals surface area contributed by atoms with E-state index in [0.717, 1.165) is 0 Å². The molecule has 0 aromatic carbocycles. The molecule has 1 rings (SSSR count). The molecule has 0 spiro atoms. The van der Waals surface area contributed by atoms with Gasteiger partial charge in [0.1, 0.15) is 18.1 Å². The van der Waals surface area contributed by atoms with Crippen molar-refractivity contribution >= 4 is 23.7 Å². The summed E-state index contributed by atoms with van der Waals surface area (Å²) in [6.07, 6.45) is 3.01. The molecule has 4 atom stereocenters. The average Bonchev–Trinajstić information content (AvgIpc) is 3.06. The van der Waals surface area contributed by atoms with Gasteiger partial charge in [-0.05, 0) is 20.8 Å². The van der Waals surface area contributed by atoms with Crippen molar-refractivity contribution < 1.29 is 24.3 Å². The molecule has 26 heavy (non-hydrogen) atoms. The fraction of sp³-hybridized carbons (Fsp3) is 0.533. The molecule has 0 unspecified atom stereocenters. The minimum atomic E-state index is -1.21. The lowest BCUT2D eigenvalue weighted by Gasteiger charge is -2.22. The maximum Gasteiger partial charge on any atom is 0.325 e. The number of nitrogens with one attached hydrogen (secondary N) is 4. The Labute approximate surface area is 150 Å². The molecule has 1 aromatic rings. The maximum absolute atomic E-state index is 12.3. The highest BCUT2D eigenvalue weighted by molar-refractivity contribution is 5.93. The molecule has 11 nitrogen and oxygen atoms in total. The van der Waals surface area contributed by atoms with E-state index < -0.39 is 47.9 Å². The largest absolute Gasteiger partial charge is 0.480 e. The Morgan fingerprint density at radius 3 is 2.19 bits per heavy atom. The van der Waals surface area contributed by atoms with Crippen molar-refractivity contribution in [1.82, 2.24) is 25.9 Å². The van der Waals surface area contributed by atoms with Crippen molar-refractivity contribution in [2.24, 2.45) is 5.73 Å². The van der Waals surface area contributed by atoms with Crippen molar-refractivity contribution in [3.8, 4) is 0 Å². The lowest BCUT2D eigenvalue weighted by atomic mass is 10.1. The van der Waals surface area contributed by atoms with E-state index in [0.29, 0.717) is 5.69 Å². The second kappa shape index (κ2) is 9.51. The number of carboxylic acids is 1. The molecule has 11 heteroatoms. The fourth-order valence-electron chi connectivity index (χ4n) is 1.90. The van der Waals surface area contributed by atoms with Crippen LogP contribution in [0.4, 0.5) is 0 Å². The molecule has 0 fully saturated rings. The number of nitrogens with zero attached hydrogens (tertiary/aromatic N) is 1. The van der Waals surface area contributed by atoms with E-state index >= 15 is 0 Å². The zero-order valence-electron chi connectivity index (χ0n) is 14.8. The lowest BCUT2D eigenvalue weighted by molar-refractivity contribution is -0.141. The van der Waals surface area contributed by atoms with Gasteiger partial charge in [-0.2, -0.15) is 0 Å². The van der Waals surface area contributed by atoms with E-state index in [1.54, 1.807) is 6.20 Å². The Hall–Kier alpha value is -2.95. The van der Waals surface area contributed by atoms with Crippen molar-refractivity contribution in [2.75, 3.05) is 0 Å². The summed E-state index contributed by atoms with van der Waals surface area (Å²) < 4.78 is 0. The Balaban J connectivity index is 2.80. The third kappa shape index (κ3) is 6.51. The predicted molar refractivity (Wildman–Crippen MR) is 90.7 cm³/mol. The second-order valence-corrected chi connectivity index (χ2v) is 5.91. The number of carboxylic acid groups (broad SMARTS) is 1. The highest BCUT2D eigenvalue weighted by Gasteiger charge is 2.27. The molecule has 144 valence electrons. The Bertz CT molecular complexity index is 645. The number of H-pyrrole nitrogens is 1. The minimum Gasteiger partial charge on any atom is -0.480 e. The first-order chi connectivity index (χ1) is 12.1. The van der Waals surface area contributed by atoms with Crippen LogP contribution < -0.4 is 21.7 Å². The van der Waals surface area contributed by atoms with Crippen LogP contribution in [-0.4, -0.2) is 62.9 Å². The highest BCUT2D eigenvalue weighted by atomic mass is 16.4. The molecular weight excluding hydrogens is 344 g/mol. The van der Waals surface area contributed by atoms with Gasteiger partial charge in [0.2, 0.25) is 17.7 Å². The van der Waals surface area contributed by atoms with Gasteiger partial charge >= 0.3 is 5.97 Å². The third-order valence-electron chi connectivity index (χ3n) is 3.50. The van der Waals surface area contributed by atoms with Gasteiger partial charge < -0.3 is 31.8 Å². The van der Waals surface area contributed by atoms with Crippen molar-refractivity contribution in [3.63, 3.8) is 0 Å². The van der Waals surface area contributed by atoms with Crippen LogP contribution in [0, 0.1) is 0 Å². The molecule has 0 aliphatic carbocycles. The smallest absolute Gasteiger partial charge is 0.325 e. The van der Waals surface area contributed by atoms with Crippen LogP contribution in [0.1, 0.15) is 26.5 Å². The summed E-state index contributed by atoms with van der Waals surface area (Å²) in [5.41, 5.74) is 5.93. The van der Waals surface area contributed by atoms with Gasteiger partial charge in [0.05, 0.1) is 18.1 Å². The van der Waals surface area contributed by atoms with Crippen molar-refractivity contribution in [1.29, 1.82) is 0 Å². The van der Waals surface area contributed by atoms with E-state index in [1.807, 2.05) is 0 Å². The van der Waals surface area contributed by atoms with Gasteiger partial charge in [0.25, 0.3) is 0 Å². The molecule has 0 aliphatic rings. The van der Waals surface area contributed by atoms with Crippen LogP contribution in [0.15, 0.2) is 12.5 Å². The second-order valence-electron chi connectivity index (χ2n) is 5.91. The zero-order chi connectivity index (χ0) is 19.9. The fourth-order valence-corrected chi connectivity index (χ4v) is 1.90. The number of aliphatic carboxylic acids is 1. The van der Waals surface area contributed by atoms with E-state index in [1.165, 1.54) is 27.1 Å². The molecule has 0 saturated heterocycles. The summed E-state index contributed by atoms with van der Waals surface area (Å²) in [7, 11) is 0. The van der Waals surface area contributed by atoms with Crippen molar-refractivity contribution in [2.45, 2.75) is 51.4 Å². The van der Waals surface area contributed by atoms with Gasteiger partial charge in [-0.3, -0.25) is 19.2 Å². The first-order valence-corrected chi connectivity index (χ1v) is 7.99. The van der Waals surface area contributed by atoms with Crippen LogP contribution >= 0.6 is 0 Å². The van der Waals surface area contributed by atoms with E-state index in [4.69, 9.17) is 10.8 Å². The number of amides is 3. The average molecular weight is 368 g/mol. The molecule has 0 saturated carbocycles. The first-order valence-electron chi connectivity index (χ1n) is 7.99. The van der Waals surface area contributed by atoms with Crippen molar-refractivity contribution in [3.05, 3.63) is 18.2 Å². The number of nitrogens with two attached hydrogens (primary N) is 1. The molecular formula is C15H24N6O5. The summed E-state index contributed by atoms with van der Waals surface area (Å²) >= 11 is 0. The number of aromatic nitrogens is 2. The number of imidazole rings is 1. The zero-order valence-corrected chi connectivity index (χ0v) is 14.8. The van der Waals surface area contributed by atoms with Crippen LogP contribution in [0.3, 0.4) is 0 Å². The van der Waals surface area contributed by atoms with Crippen LogP contribution in [-0.2, 0) is 25.6 Å². The van der Waals surface area contributed by atoms with E-state index in [9.17, 15) is 19.2 Å². The van der Waals surface area contributed by atoms with Crippen LogP contribution in [0.25, 0.3) is 0 Å². The number of rotatable bonds is 9. The summed E-state index contributed by atoms with van der Waals surface area (Å²) in [5.74, 6) is -3.01. The molecule has 0 bridgehead atoms. The normalized spacial score (nSPS) is 15.2. The standard InChI is InChI=1S/C15H24N6O5/c1-7(16)12(22)19-8(2)13(23)21-11(4-10-5-17-6-18-10)14(24)20-9(3)15(25)26/h5-9,11H,4,16H2,1-3H3,(H,17,18)(H,19,22)(H,20,24)(H,21,23)(H,25,26)/t7-,8-,9-,11-/m0/s1. The minimum absolute atomic E-state index is 0.0430. The van der Waals surface area contributed by atoms with Crippen LogP contribution in [0.2, 0.25) is 0 Å². The van der Waals surface area contributed by atoms with E-state index in [-0.39, 0.29) is 6.42 Å². The Morgan fingerprint density at radius 1 is 1.08 bits per heavy atom. The van der Waals surface area contributed by atoms with Gasteiger partial charge in [-0.15, -0.1) is 0 Å². The van der Waals surface area contributed by atoms with Gasteiger partial charge in [0.15, 0.2) is 0 Å². The summed E-state index contributed by atoms with van der Waals surface area (Å²) in [6, 6.07) is -3.91. The van der Waals surface area contributed by atoms with Crippen LogP contribution in [0.5, 0.6) is 0 Å². The quantitative estimate of drug-likeness (QED) is 0.288. The number of hydrogen-bond donors (Lipinski definition) is 6. The molecule has 7 N–H and O–H groups in total. The molecule has 3 amide bonds. The lowest BCUT2D eigenvalue weighted by Crippen LogP contribution is -2.56. The number of aromatic amines is 1. The predicted octanol–water partition coefficient (Wildman–Crippen LogP) is -2.12. The maximum atomic E-state index is 12.3. The summed E-state index contributed by atoms with van der Waals surface area (Å²) in [5, 5.41) is 16.1. The third-order valence-corrected chi connectivity index (χ3v) is 3.50. The SMILES string of the molecule is C[C@H](N)C(=O)N[C@@H](C)C(=O)N[C@@H](Cc1c[nH]cn1)C(=O)N[C@@H](C)C(=O)O. The number of hydrogen-bond acceptors (Lipinski definition) is 6. The number of carbonyl (C=O) groups excluding carboxylic acids is 3. The van der Waals surface area contributed by atoms with E-state index in [2.05, 4.69) is 25.9 Å². The summed E-state index contributed by atoms with van der Waals surface area (Å²) in [4.78, 5) is 53.8. The molecule has 1 heterocycles. The molecule has 0 aliphatic heterocycles. The molecule has 0 radical (unpaired) electrons. The monoisotopic (exact) mass is 368 g/mol. The first kappa shape index (κ1) is 21.1. The Kier molecular flexibility index (Phi) is 7.72. The topological polar surface area (TPSA) is 179 Å². The summed E-state index contributed by atoms with van der Waals surface area (Å²) in [6.45, 7) is 4.22. The van der Waals surface area contributed by atoms with Gasteiger partial charge in [0, 0.05) is 12.6 Å².